The van der Waals surface area contributed by atoms with Crippen molar-refractivity contribution in [2.75, 3.05) is 33.2 Å². The predicted molar refractivity (Wildman–Crippen MR) is 107 cm³/mol. The number of likely N-dealkylation sites (tertiary alicyclic amines) is 1. The van der Waals surface area contributed by atoms with Gasteiger partial charge in [-0.05, 0) is 51.4 Å². The number of amides is 3. The van der Waals surface area contributed by atoms with E-state index in [1.54, 1.807) is 17.0 Å². The fourth-order valence-electron chi connectivity index (χ4n) is 3.26. The molecule has 0 bridgehead atoms. The summed E-state index contributed by atoms with van der Waals surface area (Å²) < 4.78 is 25.7. The zero-order valence-corrected chi connectivity index (χ0v) is 17.6. The fourth-order valence-corrected chi connectivity index (χ4v) is 4.00. The van der Waals surface area contributed by atoms with Gasteiger partial charge in [0.1, 0.15) is 0 Å². The Labute approximate surface area is 167 Å². The minimum absolute atomic E-state index is 0.0261. The Balaban J connectivity index is 1.82. The number of piperidine rings is 1. The lowest BCUT2D eigenvalue weighted by atomic mass is 9.96. The van der Waals surface area contributed by atoms with E-state index in [0.29, 0.717) is 45.6 Å². The van der Waals surface area contributed by atoms with Crippen molar-refractivity contribution < 1.29 is 18.0 Å². The first kappa shape index (κ1) is 22.2. The van der Waals surface area contributed by atoms with E-state index in [0.717, 1.165) is 5.56 Å². The molecule has 8 nitrogen and oxygen atoms in total. The van der Waals surface area contributed by atoms with Crippen molar-refractivity contribution in [1.29, 1.82) is 0 Å². The Morgan fingerprint density at radius 3 is 2.18 bits per heavy atom. The van der Waals surface area contributed by atoms with Crippen molar-refractivity contribution in [3.8, 4) is 0 Å². The lowest BCUT2D eigenvalue weighted by Crippen LogP contribution is -2.48. The molecule has 0 atom stereocenters. The molecule has 0 aromatic heterocycles. The molecule has 9 heteroatoms. The van der Waals surface area contributed by atoms with E-state index < -0.39 is 10.0 Å². The molecule has 0 unspecified atom stereocenters. The number of nitrogens with one attached hydrogen (secondary N) is 2. The second-order valence-electron chi connectivity index (χ2n) is 6.79. The first-order valence-corrected chi connectivity index (χ1v) is 11.1. The number of hydrogen-bond acceptors (Lipinski definition) is 4. The summed E-state index contributed by atoms with van der Waals surface area (Å²) >= 11 is 0. The molecule has 0 radical (unpaired) electrons. The highest BCUT2D eigenvalue weighted by Crippen LogP contribution is 2.19. The molecule has 2 N–H and O–H groups in total. The molecule has 1 aliphatic rings. The van der Waals surface area contributed by atoms with Gasteiger partial charge in [-0.1, -0.05) is 12.1 Å². The summed E-state index contributed by atoms with van der Waals surface area (Å²) in [5.41, 5.74) is 0.831. The molecule has 1 aromatic rings. The van der Waals surface area contributed by atoms with Crippen molar-refractivity contribution in [3.63, 3.8) is 0 Å². The fraction of sp³-hybridized carbons (Fsp3) is 0.579. The lowest BCUT2D eigenvalue weighted by molar-refractivity contribution is -0.126. The van der Waals surface area contributed by atoms with Crippen molar-refractivity contribution in [3.05, 3.63) is 29.8 Å². The van der Waals surface area contributed by atoms with Crippen LogP contribution in [0.1, 0.15) is 32.3 Å². The standard InChI is InChI=1S/C19H30N4O4S/c1-4-22(5-2)19(25)23-12-10-16(11-13-23)18(24)21-14-15-6-8-17(9-7-15)28(26,27)20-3/h6-9,16,20H,4-5,10-14H2,1-3H3,(H,21,24). The van der Waals surface area contributed by atoms with Gasteiger partial charge in [-0.25, -0.2) is 17.9 Å². The van der Waals surface area contributed by atoms with Gasteiger partial charge in [-0.15, -0.1) is 0 Å². The average molecular weight is 411 g/mol. The first-order chi connectivity index (χ1) is 13.3. The summed E-state index contributed by atoms with van der Waals surface area (Å²) in [5.74, 6) is -0.133. The molecule has 2 rings (SSSR count). The number of benzene rings is 1. The highest BCUT2D eigenvalue weighted by Gasteiger charge is 2.28. The molecule has 156 valence electrons. The molecule has 1 aliphatic heterocycles. The molecule has 28 heavy (non-hydrogen) atoms. The van der Waals surface area contributed by atoms with E-state index >= 15 is 0 Å². The minimum atomic E-state index is -3.46. The Hall–Kier alpha value is -2.13. The summed E-state index contributed by atoms with van der Waals surface area (Å²) in [6.45, 7) is 6.81. The molecule has 0 aliphatic carbocycles. The van der Waals surface area contributed by atoms with Crippen LogP contribution in [0.5, 0.6) is 0 Å². The Kier molecular flexibility index (Phi) is 7.82. The van der Waals surface area contributed by atoms with Gasteiger partial charge in [0.2, 0.25) is 15.9 Å². The van der Waals surface area contributed by atoms with Crippen LogP contribution in [-0.4, -0.2) is 63.4 Å². The van der Waals surface area contributed by atoms with Gasteiger partial charge in [0, 0.05) is 38.6 Å². The van der Waals surface area contributed by atoms with Gasteiger partial charge in [-0.3, -0.25) is 4.79 Å². The van der Waals surface area contributed by atoms with E-state index in [1.165, 1.54) is 19.2 Å². The predicted octanol–water partition coefficient (Wildman–Crippen LogP) is 1.38. The molecule has 3 amide bonds. The topological polar surface area (TPSA) is 98.8 Å². The molecular formula is C19H30N4O4S. The van der Waals surface area contributed by atoms with E-state index in [9.17, 15) is 18.0 Å². The summed E-state index contributed by atoms with van der Waals surface area (Å²) in [6.07, 6.45) is 1.30. The maximum atomic E-state index is 12.4. The van der Waals surface area contributed by atoms with Gasteiger partial charge in [-0.2, -0.15) is 0 Å². The molecule has 1 saturated heterocycles. The van der Waals surface area contributed by atoms with Crippen molar-refractivity contribution >= 4 is 22.0 Å². The maximum Gasteiger partial charge on any atom is 0.319 e. The van der Waals surface area contributed by atoms with Crippen LogP contribution in [0.2, 0.25) is 0 Å². The third-order valence-corrected chi connectivity index (χ3v) is 6.57. The normalized spacial score (nSPS) is 15.3. The van der Waals surface area contributed by atoms with E-state index in [2.05, 4.69) is 10.0 Å². The molecule has 0 spiro atoms. The van der Waals surface area contributed by atoms with Gasteiger partial charge in [0.05, 0.1) is 4.90 Å². The number of sulfonamides is 1. The summed E-state index contributed by atoms with van der Waals surface area (Å²) in [7, 11) is -2.09. The zero-order chi connectivity index (χ0) is 20.7. The number of nitrogens with zero attached hydrogens (tertiary/aromatic N) is 2. The largest absolute Gasteiger partial charge is 0.352 e. The highest BCUT2D eigenvalue weighted by molar-refractivity contribution is 7.89. The van der Waals surface area contributed by atoms with Crippen molar-refractivity contribution in [2.24, 2.45) is 5.92 Å². The number of rotatable bonds is 7. The van der Waals surface area contributed by atoms with Crippen LogP contribution in [0.25, 0.3) is 0 Å². The van der Waals surface area contributed by atoms with Gasteiger partial charge in [0.15, 0.2) is 0 Å². The number of carbonyl (C=O) groups excluding carboxylic acids is 2. The van der Waals surface area contributed by atoms with Gasteiger partial charge >= 0.3 is 6.03 Å². The third kappa shape index (κ3) is 5.45. The monoisotopic (exact) mass is 410 g/mol. The number of hydrogen-bond donors (Lipinski definition) is 2. The van der Waals surface area contributed by atoms with E-state index in [1.807, 2.05) is 18.7 Å². The smallest absolute Gasteiger partial charge is 0.319 e. The molecule has 0 saturated carbocycles. The molecule has 1 fully saturated rings. The zero-order valence-electron chi connectivity index (χ0n) is 16.8. The van der Waals surface area contributed by atoms with Crippen LogP contribution in [-0.2, 0) is 21.4 Å². The second kappa shape index (κ2) is 9.88. The van der Waals surface area contributed by atoms with Gasteiger partial charge < -0.3 is 15.1 Å². The van der Waals surface area contributed by atoms with Crippen LogP contribution in [0.3, 0.4) is 0 Å². The number of urea groups is 1. The summed E-state index contributed by atoms with van der Waals surface area (Å²) in [5, 5.41) is 2.91. The van der Waals surface area contributed by atoms with Crippen LogP contribution in [0, 0.1) is 5.92 Å². The van der Waals surface area contributed by atoms with E-state index in [-0.39, 0.29) is 22.8 Å². The maximum absolute atomic E-state index is 12.4. The minimum Gasteiger partial charge on any atom is -0.352 e. The van der Waals surface area contributed by atoms with Crippen LogP contribution in [0.15, 0.2) is 29.2 Å². The Morgan fingerprint density at radius 1 is 1.11 bits per heavy atom. The molecule has 1 heterocycles. The summed E-state index contributed by atoms with van der Waals surface area (Å²) in [6, 6.07) is 6.46. The Bertz CT molecular complexity index is 768. The van der Waals surface area contributed by atoms with Crippen molar-refractivity contribution in [2.45, 2.75) is 38.1 Å². The number of carbonyl (C=O) groups is 2. The third-order valence-electron chi connectivity index (χ3n) is 5.14. The quantitative estimate of drug-likeness (QED) is 0.709. The van der Waals surface area contributed by atoms with Crippen molar-refractivity contribution in [1.82, 2.24) is 19.8 Å². The molecule has 1 aromatic carbocycles. The Morgan fingerprint density at radius 2 is 1.68 bits per heavy atom. The van der Waals surface area contributed by atoms with Crippen LogP contribution < -0.4 is 10.0 Å². The molecular weight excluding hydrogens is 380 g/mol. The SMILES string of the molecule is CCN(CC)C(=O)N1CCC(C(=O)NCc2ccc(S(=O)(=O)NC)cc2)CC1. The van der Waals surface area contributed by atoms with Crippen LogP contribution >= 0.6 is 0 Å². The summed E-state index contributed by atoms with van der Waals surface area (Å²) in [4.78, 5) is 28.6. The first-order valence-electron chi connectivity index (χ1n) is 9.66. The highest BCUT2D eigenvalue weighted by atomic mass is 32.2. The second-order valence-corrected chi connectivity index (χ2v) is 8.67. The van der Waals surface area contributed by atoms with Gasteiger partial charge in [0.25, 0.3) is 0 Å². The lowest BCUT2D eigenvalue weighted by Gasteiger charge is -2.34. The average Bonchev–Trinajstić information content (AvgIpc) is 2.73. The van der Waals surface area contributed by atoms with Crippen LogP contribution in [0.4, 0.5) is 4.79 Å². The van der Waals surface area contributed by atoms with E-state index in [4.69, 9.17) is 0 Å².